The number of nitrogens with zero attached hydrogens (tertiary/aromatic N) is 3. The van der Waals surface area contributed by atoms with Gasteiger partial charge < -0.3 is 9.80 Å². The first-order chi connectivity index (χ1) is 8.83. The molecule has 1 aromatic carbocycles. The van der Waals surface area contributed by atoms with E-state index in [4.69, 9.17) is 0 Å². The molecule has 1 fully saturated rings. The van der Waals surface area contributed by atoms with Crippen molar-refractivity contribution in [2.45, 2.75) is 6.92 Å². The fourth-order valence-corrected chi connectivity index (χ4v) is 2.40. The summed E-state index contributed by atoms with van der Waals surface area (Å²) >= 11 is 0. The largest absolute Gasteiger partial charge is 0.368 e. The summed E-state index contributed by atoms with van der Waals surface area (Å²) < 4.78 is 0. The van der Waals surface area contributed by atoms with Gasteiger partial charge in [0, 0.05) is 38.1 Å². The Morgan fingerprint density at radius 1 is 0.944 bits per heavy atom. The zero-order valence-electron chi connectivity index (χ0n) is 10.6. The first kappa shape index (κ1) is 11.1. The van der Waals surface area contributed by atoms with Gasteiger partial charge in [0.1, 0.15) is 0 Å². The van der Waals surface area contributed by atoms with E-state index in [2.05, 4.69) is 51.2 Å². The van der Waals surface area contributed by atoms with Crippen molar-refractivity contribution in [3.8, 4) is 0 Å². The smallest absolute Gasteiger partial charge is 0.0751 e. The highest BCUT2D eigenvalue weighted by Gasteiger charge is 2.17. The van der Waals surface area contributed by atoms with Crippen molar-refractivity contribution in [1.29, 1.82) is 0 Å². The van der Waals surface area contributed by atoms with Crippen molar-refractivity contribution in [3.05, 3.63) is 42.2 Å². The summed E-state index contributed by atoms with van der Waals surface area (Å²) in [5.41, 5.74) is 3.83. The highest BCUT2D eigenvalue weighted by molar-refractivity contribution is 5.50. The number of piperazine rings is 1. The highest BCUT2D eigenvalue weighted by Crippen LogP contribution is 2.19. The SMILES string of the molecule is Cc1ccc(N2CCN(c3cn[nH]c3)CC2)cc1. The summed E-state index contributed by atoms with van der Waals surface area (Å²) in [4.78, 5) is 4.81. The topological polar surface area (TPSA) is 35.2 Å². The van der Waals surface area contributed by atoms with E-state index in [1.807, 2.05) is 12.4 Å². The van der Waals surface area contributed by atoms with E-state index in [0.717, 1.165) is 26.2 Å². The Hall–Kier alpha value is -1.97. The quantitative estimate of drug-likeness (QED) is 0.875. The Kier molecular flexibility index (Phi) is 2.92. The minimum atomic E-state index is 1.05. The summed E-state index contributed by atoms with van der Waals surface area (Å²) in [6, 6.07) is 8.78. The van der Waals surface area contributed by atoms with Crippen LogP contribution in [0.3, 0.4) is 0 Å². The molecule has 0 spiro atoms. The summed E-state index contributed by atoms with van der Waals surface area (Å²) in [5.74, 6) is 0. The van der Waals surface area contributed by atoms with Crippen LogP contribution in [0.25, 0.3) is 0 Å². The molecule has 1 aliphatic heterocycles. The van der Waals surface area contributed by atoms with E-state index in [1.165, 1.54) is 16.9 Å². The van der Waals surface area contributed by atoms with Gasteiger partial charge in [0.05, 0.1) is 11.9 Å². The maximum atomic E-state index is 4.00. The van der Waals surface area contributed by atoms with Crippen LogP contribution in [-0.2, 0) is 0 Å². The Balaban J connectivity index is 1.65. The number of rotatable bonds is 2. The molecule has 1 aromatic heterocycles. The lowest BCUT2D eigenvalue weighted by atomic mass is 10.2. The van der Waals surface area contributed by atoms with Gasteiger partial charge in [-0.2, -0.15) is 5.10 Å². The molecule has 2 aromatic rings. The van der Waals surface area contributed by atoms with Gasteiger partial charge in [-0.15, -0.1) is 0 Å². The van der Waals surface area contributed by atoms with Gasteiger partial charge in [-0.25, -0.2) is 0 Å². The average Bonchev–Trinajstić information content (AvgIpc) is 2.94. The van der Waals surface area contributed by atoms with Gasteiger partial charge in [-0.05, 0) is 19.1 Å². The number of aryl methyl sites for hydroxylation is 1. The van der Waals surface area contributed by atoms with Crippen LogP contribution in [0.2, 0.25) is 0 Å². The minimum Gasteiger partial charge on any atom is -0.368 e. The highest BCUT2D eigenvalue weighted by atomic mass is 15.3. The molecular weight excluding hydrogens is 224 g/mol. The lowest BCUT2D eigenvalue weighted by Gasteiger charge is -2.36. The second-order valence-electron chi connectivity index (χ2n) is 4.77. The fraction of sp³-hybridized carbons (Fsp3) is 0.357. The molecular formula is C14H18N4. The molecule has 0 saturated carbocycles. The molecule has 1 N–H and O–H groups in total. The molecule has 4 nitrogen and oxygen atoms in total. The minimum absolute atomic E-state index is 1.05. The molecule has 94 valence electrons. The van der Waals surface area contributed by atoms with Crippen molar-refractivity contribution in [2.75, 3.05) is 36.0 Å². The van der Waals surface area contributed by atoms with Gasteiger partial charge in [0.15, 0.2) is 0 Å². The molecule has 0 unspecified atom stereocenters. The van der Waals surface area contributed by atoms with E-state index >= 15 is 0 Å². The molecule has 3 rings (SSSR count). The molecule has 2 heterocycles. The standard InChI is InChI=1S/C14H18N4/c1-12-2-4-13(5-3-12)17-6-8-18(9-7-17)14-10-15-16-11-14/h2-5,10-11H,6-9H2,1H3,(H,15,16). The predicted molar refractivity (Wildman–Crippen MR) is 74.2 cm³/mol. The van der Waals surface area contributed by atoms with Gasteiger partial charge >= 0.3 is 0 Å². The number of benzene rings is 1. The van der Waals surface area contributed by atoms with E-state index in [0.29, 0.717) is 0 Å². The maximum Gasteiger partial charge on any atom is 0.0751 e. The molecule has 0 amide bonds. The van der Waals surface area contributed by atoms with Crippen molar-refractivity contribution in [3.63, 3.8) is 0 Å². The lowest BCUT2D eigenvalue weighted by molar-refractivity contribution is 0.653. The van der Waals surface area contributed by atoms with Crippen molar-refractivity contribution in [2.24, 2.45) is 0 Å². The van der Waals surface area contributed by atoms with Gasteiger partial charge in [0.2, 0.25) is 0 Å². The van der Waals surface area contributed by atoms with E-state index < -0.39 is 0 Å². The summed E-state index contributed by atoms with van der Waals surface area (Å²) in [5, 5.41) is 6.87. The van der Waals surface area contributed by atoms with Crippen LogP contribution in [0.1, 0.15) is 5.56 Å². The molecule has 18 heavy (non-hydrogen) atoms. The Bertz CT molecular complexity index is 481. The summed E-state index contributed by atoms with van der Waals surface area (Å²) in [7, 11) is 0. The number of aromatic nitrogens is 2. The number of anilines is 2. The zero-order valence-corrected chi connectivity index (χ0v) is 10.6. The lowest BCUT2D eigenvalue weighted by Crippen LogP contribution is -2.46. The third-order valence-corrected chi connectivity index (χ3v) is 3.53. The normalized spacial score (nSPS) is 16.1. The first-order valence-corrected chi connectivity index (χ1v) is 6.38. The number of nitrogens with one attached hydrogen (secondary N) is 1. The first-order valence-electron chi connectivity index (χ1n) is 6.38. The maximum absolute atomic E-state index is 4.00. The second-order valence-corrected chi connectivity index (χ2v) is 4.77. The van der Waals surface area contributed by atoms with Gasteiger partial charge in [0.25, 0.3) is 0 Å². The fourth-order valence-electron chi connectivity index (χ4n) is 2.40. The van der Waals surface area contributed by atoms with Crippen LogP contribution < -0.4 is 9.80 Å². The van der Waals surface area contributed by atoms with Crippen LogP contribution in [0.4, 0.5) is 11.4 Å². The molecule has 0 bridgehead atoms. The van der Waals surface area contributed by atoms with Crippen LogP contribution in [0.5, 0.6) is 0 Å². The Morgan fingerprint density at radius 3 is 2.11 bits per heavy atom. The van der Waals surface area contributed by atoms with Crippen LogP contribution in [0.15, 0.2) is 36.7 Å². The van der Waals surface area contributed by atoms with Crippen LogP contribution >= 0.6 is 0 Å². The zero-order chi connectivity index (χ0) is 12.4. The molecule has 1 saturated heterocycles. The molecule has 4 heteroatoms. The van der Waals surface area contributed by atoms with Gasteiger partial charge in [-0.3, -0.25) is 5.10 Å². The van der Waals surface area contributed by atoms with E-state index in [9.17, 15) is 0 Å². The van der Waals surface area contributed by atoms with E-state index in [1.54, 1.807) is 0 Å². The van der Waals surface area contributed by atoms with Gasteiger partial charge in [-0.1, -0.05) is 17.7 Å². The average molecular weight is 242 g/mol. The number of H-pyrrole nitrogens is 1. The third kappa shape index (κ3) is 2.18. The molecule has 1 aliphatic rings. The van der Waals surface area contributed by atoms with Crippen molar-refractivity contribution < 1.29 is 0 Å². The Labute approximate surface area is 107 Å². The third-order valence-electron chi connectivity index (χ3n) is 3.53. The molecule has 0 radical (unpaired) electrons. The Morgan fingerprint density at radius 2 is 1.56 bits per heavy atom. The summed E-state index contributed by atoms with van der Waals surface area (Å²) in [6.45, 7) is 6.35. The predicted octanol–water partition coefficient (Wildman–Crippen LogP) is 2.04. The molecule has 0 atom stereocenters. The monoisotopic (exact) mass is 242 g/mol. The molecule has 0 aliphatic carbocycles. The van der Waals surface area contributed by atoms with Crippen molar-refractivity contribution in [1.82, 2.24) is 10.2 Å². The van der Waals surface area contributed by atoms with Crippen LogP contribution in [-0.4, -0.2) is 36.4 Å². The number of hydrogen-bond acceptors (Lipinski definition) is 3. The number of hydrogen-bond donors (Lipinski definition) is 1. The van der Waals surface area contributed by atoms with Crippen molar-refractivity contribution >= 4 is 11.4 Å². The second kappa shape index (κ2) is 4.72. The number of aromatic amines is 1. The summed E-state index contributed by atoms with van der Waals surface area (Å²) in [6.07, 6.45) is 3.85. The van der Waals surface area contributed by atoms with E-state index in [-0.39, 0.29) is 0 Å². The van der Waals surface area contributed by atoms with Crippen LogP contribution in [0, 0.1) is 6.92 Å².